The van der Waals surface area contributed by atoms with E-state index >= 15 is 0 Å². The van der Waals surface area contributed by atoms with Crippen LogP contribution in [0.2, 0.25) is 0 Å². The maximum Gasteiger partial charge on any atom is 0.228 e. The predicted molar refractivity (Wildman–Crippen MR) is 88.1 cm³/mol. The molecule has 0 aliphatic carbocycles. The molecule has 124 valence electrons. The molecule has 1 heterocycles. The summed E-state index contributed by atoms with van der Waals surface area (Å²) in [6.07, 6.45) is 1.72. The van der Waals surface area contributed by atoms with Gasteiger partial charge in [0, 0.05) is 18.8 Å². The van der Waals surface area contributed by atoms with Crippen molar-refractivity contribution in [3.05, 3.63) is 29.8 Å². The van der Waals surface area contributed by atoms with Gasteiger partial charge in [0.25, 0.3) is 0 Å². The summed E-state index contributed by atoms with van der Waals surface area (Å²) in [7, 11) is -3.25. The second kappa shape index (κ2) is 7.57. The van der Waals surface area contributed by atoms with Gasteiger partial charge in [-0.2, -0.15) is 5.26 Å². The first-order valence-electron chi connectivity index (χ1n) is 7.71. The van der Waals surface area contributed by atoms with Crippen LogP contribution in [0.1, 0.15) is 25.3 Å². The lowest BCUT2D eigenvalue weighted by atomic mass is 9.98. The Morgan fingerprint density at radius 3 is 2.70 bits per heavy atom. The minimum Gasteiger partial charge on any atom is -0.326 e. The molecule has 1 atom stereocenters. The summed E-state index contributed by atoms with van der Waals surface area (Å²) < 4.78 is 25.3. The fourth-order valence-electron chi connectivity index (χ4n) is 2.63. The predicted octanol–water partition coefficient (Wildman–Crippen LogP) is 1.75. The van der Waals surface area contributed by atoms with Crippen LogP contribution in [0.5, 0.6) is 0 Å². The van der Waals surface area contributed by atoms with Gasteiger partial charge in [0.2, 0.25) is 15.9 Å². The Morgan fingerprint density at radius 1 is 1.39 bits per heavy atom. The summed E-state index contributed by atoms with van der Waals surface area (Å²) in [4.78, 5) is 12.4. The second-order valence-corrected chi connectivity index (χ2v) is 7.88. The molecular weight excluding hydrogens is 314 g/mol. The normalized spacial score (nSPS) is 19.0. The monoisotopic (exact) mass is 335 g/mol. The fraction of sp³-hybridized carbons (Fsp3) is 0.500. The van der Waals surface area contributed by atoms with E-state index in [1.807, 2.05) is 0 Å². The zero-order valence-corrected chi connectivity index (χ0v) is 14.0. The average molecular weight is 335 g/mol. The van der Waals surface area contributed by atoms with Crippen LogP contribution >= 0.6 is 0 Å². The number of hydrogen-bond donors (Lipinski definition) is 1. The molecule has 1 aromatic rings. The van der Waals surface area contributed by atoms with Gasteiger partial charge < -0.3 is 5.32 Å². The standard InChI is InChI=1S/C16H21N3O3S/c1-2-23(21,22)19-11-3-4-14(12-19)16(20)18-15-7-5-13(6-8-15)9-10-17/h5-8,14H,2-4,9,11-12H2,1H3,(H,18,20). The van der Waals surface area contributed by atoms with Crippen molar-refractivity contribution in [3.63, 3.8) is 0 Å². The van der Waals surface area contributed by atoms with Crippen LogP contribution in [0.4, 0.5) is 5.69 Å². The summed E-state index contributed by atoms with van der Waals surface area (Å²) in [6.45, 7) is 2.35. The van der Waals surface area contributed by atoms with Crippen LogP contribution in [-0.2, 0) is 21.2 Å². The molecule has 1 aliphatic rings. The Bertz CT molecular complexity index is 692. The van der Waals surface area contributed by atoms with E-state index in [4.69, 9.17) is 5.26 Å². The van der Waals surface area contributed by atoms with Gasteiger partial charge in [-0.15, -0.1) is 0 Å². The highest BCUT2D eigenvalue weighted by atomic mass is 32.2. The summed E-state index contributed by atoms with van der Waals surface area (Å²) in [6, 6.07) is 9.18. The Balaban J connectivity index is 1.99. The Labute approximate surface area is 137 Å². The molecule has 1 saturated heterocycles. The van der Waals surface area contributed by atoms with Crippen LogP contribution in [0.15, 0.2) is 24.3 Å². The number of sulfonamides is 1. The smallest absolute Gasteiger partial charge is 0.228 e. The number of piperidine rings is 1. The van der Waals surface area contributed by atoms with E-state index in [-0.39, 0.29) is 24.1 Å². The van der Waals surface area contributed by atoms with E-state index in [2.05, 4.69) is 11.4 Å². The molecule has 0 bridgehead atoms. The summed E-state index contributed by atoms with van der Waals surface area (Å²) >= 11 is 0. The number of carbonyl (C=O) groups excluding carboxylic acids is 1. The average Bonchev–Trinajstić information content (AvgIpc) is 2.57. The van der Waals surface area contributed by atoms with Gasteiger partial charge >= 0.3 is 0 Å². The van der Waals surface area contributed by atoms with Crippen LogP contribution in [0.3, 0.4) is 0 Å². The van der Waals surface area contributed by atoms with E-state index in [9.17, 15) is 13.2 Å². The number of carbonyl (C=O) groups is 1. The van der Waals surface area contributed by atoms with E-state index in [1.165, 1.54) is 4.31 Å². The molecule has 1 aromatic carbocycles. The van der Waals surface area contributed by atoms with Gasteiger partial charge in [-0.05, 0) is 37.5 Å². The van der Waals surface area contributed by atoms with Crippen LogP contribution in [0, 0.1) is 17.2 Å². The molecule has 0 radical (unpaired) electrons. The SMILES string of the molecule is CCS(=O)(=O)N1CCCC(C(=O)Nc2ccc(CC#N)cc2)C1. The van der Waals surface area contributed by atoms with E-state index in [0.29, 0.717) is 31.5 Å². The molecule has 1 fully saturated rings. The topological polar surface area (TPSA) is 90.3 Å². The lowest BCUT2D eigenvalue weighted by molar-refractivity contribution is -0.120. The number of hydrogen-bond acceptors (Lipinski definition) is 4. The van der Waals surface area contributed by atoms with Crippen molar-refractivity contribution in [1.29, 1.82) is 5.26 Å². The molecule has 1 N–H and O–H groups in total. The molecule has 2 rings (SSSR count). The minimum atomic E-state index is -3.25. The highest BCUT2D eigenvalue weighted by molar-refractivity contribution is 7.89. The molecule has 0 saturated carbocycles. The maximum absolute atomic E-state index is 12.4. The zero-order chi connectivity index (χ0) is 16.9. The van der Waals surface area contributed by atoms with Crippen LogP contribution in [-0.4, -0.2) is 37.5 Å². The van der Waals surface area contributed by atoms with E-state index in [1.54, 1.807) is 31.2 Å². The first-order chi connectivity index (χ1) is 11.0. The fourth-order valence-corrected chi connectivity index (χ4v) is 3.81. The lowest BCUT2D eigenvalue weighted by Crippen LogP contribution is -2.44. The third kappa shape index (κ3) is 4.53. The van der Waals surface area contributed by atoms with Crippen molar-refractivity contribution < 1.29 is 13.2 Å². The third-order valence-electron chi connectivity index (χ3n) is 4.02. The Morgan fingerprint density at radius 2 is 2.09 bits per heavy atom. The van der Waals surface area contributed by atoms with Gasteiger partial charge in [-0.1, -0.05) is 12.1 Å². The molecule has 6 nitrogen and oxygen atoms in total. The summed E-state index contributed by atoms with van der Waals surface area (Å²) in [5.41, 5.74) is 1.55. The molecule has 1 unspecified atom stereocenters. The van der Waals surface area contributed by atoms with Gasteiger partial charge in [0.1, 0.15) is 0 Å². The van der Waals surface area contributed by atoms with Crippen molar-refractivity contribution in [2.45, 2.75) is 26.2 Å². The maximum atomic E-state index is 12.4. The summed E-state index contributed by atoms with van der Waals surface area (Å²) in [5, 5.41) is 11.5. The van der Waals surface area contributed by atoms with Crippen molar-refractivity contribution in [2.75, 3.05) is 24.2 Å². The first kappa shape index (κ1) is 17.4. The summed E-state index contributed by atoms with van der Waals surface area (Å²) in [5.74, 6) is -0.431. The number of rotatable bonds is 5. The zero-order valence-electron chi connectivity index (χ0n) is 13.2. The van der Waals surface area contributed by atoms with Gasteiger partial charge in [0.05, 0.1) is 24.2 Å². The molecular formula is C16H21N3O3S. The van der Waals surface area contributed by atoms with Crippen molar-refractivity contribution in [1.82, 2.24) is 4.31 Å². The minimum absolute atomic E-state index is 0.0572. The number of nitrogens with zero attached hydrogens (tertiary/aromatic N) is 2. The van der Waals surface area contributed by atoms with Gasteiger partial charge in [0.15, 0.2) is 0 Å². The van der Waals surface area contributed by atoms with Crippen molar-refractivity contribution in [2.24, 2.45) is 5.92 Å². The number of nitrogens with one attached hydrogen (secondary N) is 1. The molecule has 0 aromatic heterocycles. The third-order valence-corrected chi connectivity index (χ3v) is 5.87. The van der Waals surface area contributed by atoms with Crippen molar-refractivity contribution >= 4 is 21.6 Å². The van der Waals surface area contributed by atoms with Gasteiger partial charge in [-0.25, -0.2) is 12.7 Å². The Hall–Kier alpha value is -1.91. The quantitative estimate of drug-likeness (QED) is 0.887. The van der Waals surface area contributed by atoms with Gasteiger partial charge in [-0.3, -0.25) is 4.79 Å². The lowest BCUT2D eigenvalue weighted by Gasteiger charge is -2.30. The molecule has 23 heavy (non-hydrogen) atoms. The van der Waals surface area contributed by atoms with Crippen LogP contribution < -0.4 is 5.32 Å². The van der Waals surface area contributed by atoms with E-state index < -0.39 is 10.0 Å². The number of nitriles is 1. The Kier molecular flexibility index (Phi) is 5.74. The molecule has 1 aliphatic heterocycles. The number of anilines is 1. The highest BCUT2D eigenvalue weighted by Gasteiger charge is 2.31. The molecule has 7 heteroatoms. The number of benzene rings is 1. The number of amides is 1. The largest absolute Gasteiger partial charge is 0.326 e. The first-order valence-corrected chi connectivity index (χ1v) is 9.31. The van der Waals surface area contributed by atoms with E-state index in [0.717, 1.165) is 5.56 Å². The highest BCUT2D eigenvalue weighted by Crippen LogP contribution is 2.21. The molecule has 1 amide bonds. The van der Waals surface area contributed by atoms with Crippen molar-refractivity contribution in [3.8, 4) is 6.07 Å². The molecule has 0 spiro atoms. The van der Waals surface area contributed by atoms with Crippen LogP contribution in [0.25, 0.3) is 0 Å². The second-order valence-electron chi connectivity index (χ2n) is 5.62.